The summed E-state index contributed by atoms with van der Waals surface area (Å²) in [6, 6.07) is 4.97. The molecule has 0 radical (unpaired) electrons. The molecule has 2 aromatic rings. The van der Waals surface area contributed by atoms with Gasteiger partial charge in [0.25, 0.3) is 5.69 Å². The van der Waals surface area contributed by atoms with Crippen molar-refractivity contribution >= 4 is 29.1 Å². The molecule has 0 aromatic carbocycles. The van der Waals surface area contributed by atoms with Crippen molar-refractivity contribution in [1.29, 1.82) is 0 Å². The number of hydrogen-bond acceptors (Lipinski definition) is 6. The van der Waals surface area contributed by atoms with Crippen molar-refractivity contribution in [2.24, 2.45) is 5.10 Å². The molecule has 0 fully saturated rings. The summed E-state index contributed by atoms with van der Waals surface area (Å²) in [5.74, 6) is -0.276. The molecular weight excluding hydrogens is 292 g/mol. The summed E-state index contributed by atoms with van der Waals surface area (Å²) in [6.07, 6.45) is 4.81. The third kappa shape index (κ3) is 4.18. The lowest BCUT2D eigenvalue weighted by Gasteiger charge is -1.98. The van der Waals surface area contributed by atoms with Gasteiger partial charge in [0, 0.05) is 18.5 Å². The fourth-order valence-corrected chi connectivity index (χ4v) is 2.50. The minimum absolute atomic E-state index is 0.0585. The van der Waals surface area contributed by atoms with E-state index in [4.69, 9.17) is 0 Å². The quantitative estimate of drug-likeness (QED) is 0.519. The number of nitro groups is 1. The van der Waals surface area contributed by atoms with Gasteiger partial charge >= 0.3 is 0 Å². The summed E-state index contributed by atoms with van der Waals surface area (Å²) in [5.41, 5.74) is 3.22. The SMILES string of the molecule is Cc1sc(/C=N\NC(=O)Cc2cccnc2)cc1[N+](=O)[O-]. The zero-order chi connectivity index (χ0) is 15.2. The van der Waals surface area contributed by atoms with Gasteiger partial charge in [0.05, 0.1) is 27.3 Å². The Morgan fingerprint density at radius 2 is 2.43 bits per heavy atom. The van der Waals surface area contributed by atoms with Crippen LogP contribution in [0.2, 0.25) is 0 Å². The van der Waals surface area contributed by atoms with Crippen molar-refractivity contribution in [2.75, 3.05) is 0 Å². The first-order chi connectivity index (χ1) is 10.1. The van der Waals surface area contributed by atoms with E-state index in [0.717, 1.165) is 5.56 Å². The average Bonchev–Trinajstić information content (AvgIpc) is 2.81. The molecule has 7 nitrogen and oxygen atoms in total. The molecule has 2 heterocycles. The third-order valence-corrected chi connectivity index (χ3v) is 3.55. The highest BCUT2D eigenvalue weighted by molar-refractivity contribution is 7.14. The summed E-state index contributed by atoms with van der Waals surface area (Å²) in [4.78, 5) is 27.0. The maximum atomic E-state index is 11.6. The molecule has 0 saturated heterocycles. The standard InChI is InChI=1S/C13H12N4O3S/c1-9-12(17(19)20)6-11(21-9)8-15-16-13(18)5-10-3-2-4-14-7-10/h2-4,6-8H,5H2,1H3,(H,16,18)/b15-8-. The van der Waals surface area contributed by atoms with Crippen LogP contribution in [0.5, 0.6) is 0 Å². The summed E-state index contributed by atoms with van der Waals surface area (Å²) in [5, 5.41) is 14.5. The van der Waals surface area contributed by atoms with E-state index in [9.17, 15) is 14.9 Å². The van der Waals surface area contributed by atoms with Gasteiger partial charge in [0.15, 0.2) is 0 Å². The number of amides is 1. The van der Waals surface area contributed by atoms with Crippen LogP contribution in [0.3, 0.4) is 0 Å². The number of carbonyl (C=O) groups excluding carboxylic acids is 1. The minimum atomic E-state index is -0.440. The van der Waals surface area contributed by atoms with E-state index in [1.807, 2.05) is 0 Å². The lowest BCUT2D eigenvalue weighted by Crippen LogP contribution is -2.19. The van der Waals surface area contributed by atoms with Crippen LogP contribution in [0.25, 0.3) is 0 Å². The fourth-order valence-electron chi connectivity index (χ4n) is 1.64. The summed E-state index contributed by atoms with van der Waals surface area (Å²) in [7, 11) is 0. The van der Waals surface area contributed by atoms with Gasteiger partial charge in [0.1, 0.15) is 0 Å². The number of thiophene rings is 1. The number of aromatic nitrogens is 1. The van der Waals surface area contributed by atoms with Crippen LogP contribution in [0, 0.1) is 17.0 Å². The van der Waals surface area contributed by atoms with Gasteiger partial charge < -0.3 is 0 Å². The predicted molar refractivity (Wildman–Crippen MR) is 79.4 cm³/mol. The van der Waals surface area contributed by atoms with E-state index in [1.54, 1.807) is 31.5 Å². The molecule has 8 heteroatoms. The Morgan fingerprint density at radius 1 is 1.62 bits per heavy atom. The molecule has 0 aliphatic heterocycles. The van der Waals surface area contributed by atoms with Gasteiger partial charge in [-0.1, -0.05) is 6.07 Å². The normalized spacial score (nSPS) is 10.7. The van der Waals surface area contributed by atoms with Gasteiger partial charge in [-0.3, -0.25) is 19.9 Å². The van der Waals surface area contributed by atoms with Gasteiger partial charge in [-0.05, 0) is 18.6 Å². The lowest BCUT2D eigenvalue weighted by atomic mass is 10.2. The third-order valence-electron chi connectivity index (χ3n) is 2.58. The van der Waals surface area contributed by atoms with E-state index < -0.39 is 4.92 Å². The van der Waals surface area contributed by atoms with Crippen LogP contribution in [-0.4, -0.2) is 22.0 Å². The summed E-state index contributed by atoms with van der Waals surface area (Å²) in [6.45, 7) is 1.67. The molecule has 0 unspecified atom stereocenters. The van der Waals surface area contributed by atoms with Crippen LogP contribution in [0.1, 0.15) is 15.3 Å². The fraction of sp³-hybridized carbons (Fsp3) is 0.154. The van der Waals surface area contributed by atoms with Crippen LogP contribution in [0.4, 0.5) is 5.69 Å². The molecule has 1 N–H and O–H groups in total. The molecule has 0 atom stereocenters. The maximum Gasteiger partial charge on any atom is 0.283 e. The molecule has 0 aliphatic carbocycles. The lowest BCUT2D eigenvalue weighted by molar-refractivity contribution is -0.385. The zero-order valence-electron chi connectivity index (χ0n) is 11.1. The van der Waals surface area contributed by atoms with E-state index >= 15 is 0 Å². The van der Waals surface area contributed by atoms with Crippen molar-refractivity contribution < 1.29 is 9.72 Å². The van der Waals surface area contributed by atoms with Crippen molar-refractivity contribution in [2.45, 2.75) is 13.3 Å². The zero-order valence-corrected chi connectivity index (χ0v) is 12.0. The van der Waals surface area contributed by atoms with E-state index in [2.05, 4.69) is 15.5 Å². The van der Waals surface area contributed by atoms with Gasteiger partial charge in [-0.25, -0.2) is 5.43 Å². The van der Waals surface area contributed by atoms with Crippen molar-refractivity contribution in [3.8, 4) is 0 Å². The number of hydrogen-bond donors (Lipinski definition) is 1. The number of carbonyl (C=O) groups is 1. The summed E-state index contributed by atoms with van der Waals surface area (Å²) < 4.78 is 0. The van der Waals surface area contributed by atoms with E-state index in [1.165, 1.54) is 23.6 Å². The second-order valence-electron chi connectivity index (χ2n) is 4.18. The Kier molecular flexibility index (Phi) is 4.72. The van der Waals surface area contributed by atoms with Gasteiger partial charge in [-0.15, -0.1) is 11.3 Å². The molecule has 0 saturated carbocycles. The highest BCUT2D eigenvalue weighted by atomic mass is 32.1. The molecule has 0 aliphatic rings. The monoisotopic (exact) mass is 304 g/mol. The van der Waals surface area contributed by atoms with Crippen molar-refractivity contribution in [3.63, 3.8) is 0 Å². The van der Waals surface area contributed by atoms with Crippen LogP contribution in [0.15, 0.2) is 35.7 Å². The molecule has 2 aromatic heterocycles. The Morgan fingerprint density at radius 3 is 3.05 bits per heavy atom. The largest absolute Gasteiger partial charge is 0.283 e. The number of aryl methyl sites for hydroxylation is 1. The number of nitrogens with one attached hydrogen (secondary N) is 1. The number of rotatable bonds is 5. The molecular formula is C13H12N4O3S. The first-order valence-electron chi connectivity index (χ1n) is 6.02. The average molecular weight is 304 g/mol. The maximum absolute atomic E-state index is 11.6. The van der Waals surface area contributed by atoms with Crippen molar-refractivity contribution in [1.82, 2.24) is 10.4 Å². The Hall–Kier alpha value is -2.61. The molecule has 108 valence electrons. The molecule has 1 amide bonds. The Bertz CT molecular complexity index is 682. The minimum Gasteiger partial charge on any atom is -0.273 e. The molecule has 0 spiro atoms. The smallest absolute Gasteiger partial charge is 0.273 e. The van der Waals surface area contributed by atoms with Crippen molar-refractivity contribution in [3.05, 3.63) is 56.0 Å². The topological polar surface area (TPSA) is 97.5 Å². The van der Waals surface area contributed by atoms with Crippen LogP contribution >= 0.6 is 11.3 Å². The second kappa shape index (κ2) is 6.71. The van der Waals surface area contributed by atoms with E-state index in [-0.39, 0.29) is 18.0 Å². The van der Waals surface area contributed by atoms with Gasteiger partial charge in [-0.2, -0.15) is 5.10 Å². The number of nitrogens with zero attached hydrogens (tertiary/aromatic N) is 3. The Balaban J connectivity index is 1.92. The van der Waals surface area contributed by atoms with Gasteiger partial charge in [0.2, 0.25) is 5.91 Å². The van der Waals surface area contributed by atoms with Crippen LogP contribution in [-0.2, 0) is 11.2 Å². The highest BCUT2D eigenvalue weighted by Gasteiger charge is 2.14. The molecule has 21 heavy (non-hydrogen) atoms. The highest BCUT2D eigenvalue weighted by Crippen LogP contribution is 2.26. The number of hydrazone groups is 1. The van der Waals surface area contributed by atoms with Crippen LogP contribution < -0.4 is 5.43 Å². The number of pyridine rings is 1. The predicted octanol–water partition coefficient (Wildman–Crippen LogP) is 2.05. The first-order valence-corrected chi connectivity index (χ1v) is 6.83. The molecule has 2 rings (SSSR count). The first kappa shape index (κ1) is 14.8. The summed E-state index contributed by atoms with van der Waals surface area (Å²) >= 11 is 1.25. The second-order valence-corrected chi connectivity index (χ2v) is 5.47. The molecule has 0 bridgehead atoms. The Labute approximate surface area is 124 Å². The van der Waals surface area contributed by atoms with E-state index in [0.29, 0.717) is 9.75 Å².